The fourth-order valence-electron chi connectivity index (χ4n) is 1.99. The first-order valence-electron chi connectivity index (χ1n) is 6.35. The third-order valence-corrected chi connectivity index (χ3v) is 3.30. The Hall–Kier alpha value is -1.02. The molecule has 1 saturated heterocycles. The SMILES string of the molecule is Cl.O=C(CC1CNCCO1)Nc1ccc(Cl)c(C(F)(F)F)c1. The van der Waals surface area contributed by atoms with Crippen LogP contribution in [0.5, 0.6) is 0 Å². The largest absolute Gasteiger partial charge is 0.417 e. The highest BCUT2D eigenvalue weighted by Gasteiger charge is 2.33. The summed E-state index contributed by atoms with van der Waals surface area (Å²) in [5, 5.41) is 5.09. The van der Waals surface area contributed by atoms with Gasteiger partial charge in [0.05, 0.1) is 29.7 Å². The van der Waals surface area contributed by atoms with Gasteiger partial charge in [0.15, 0.2) is 0 Å². The van der Waals surface area contributed by atoms with Crippen LogP contribution in [-0.4, -0.2) is 31.7 Å². The molecule has 1 aromatic carbocycles. The van der Waals surface area contributed by atoms with Crippen LogP contribution in [-0.2, 0) is 15.7 Å². The third-order valence-electron chi connectivity index (χ3n) is 2.97. The second-order valence-electron chi connectivity index (χ2n) is 4.64. The number of nitrogens with one attached hydrogen (secondary N) is 2. The van der Waals surface area contributed by atoms with Crippen molar-refractivity contribution >= 4 is 35.6 Å². The molecule has 1 aliphatic rings. The summed E-state index contributed by atoms with van der Waals surface area (Å²) >= 11 is 5.51. The molecular formula is C13H15Cl2F3N2O2. The van der Waals surface area contributed by atoms with Gasteiger partial charge in [-0.1, -0.05) is 11.6 Å². The Balaban J connectivity index is 0.00000242. The van der Waals surface area contributed by atoms with Gasteiger partial charge in [-0.25, -0.2) is 0 Å². The molecule has 22 heavy (non-hydrogen) atoms. The van der Waals surface area contributed by atoms with Crippen molar-refractivity contribution in [3.63, 3.8) is 0 Å². The minimum atomic E-state index is -4.56. The van der Waals surface area contributed by atoms with Crippen molar-refractivity contribution in [2.75, 3.05) is 25.0 Å². The van der Waals surface area contributed by atoms with E-state index in [0.29, 0.717) is 13.2 Å². The van der Waals surface area contributed by atoms with Crippen molar-refractivity contribution < 1.29 is 22.7 Å². The first kappa shape index (κ1) is 19.0. The maximum Gasteiger partial charge on any atom is 0.417 e. The summed E-state index contributed by atoms with van der Waals surface area (Å²) in [4.78, 5) is 11.8. The smallest absolute Gasteiger partial charge is 0.375 e. The van der Waals surface area contributed by atoms with Gasteiger partial charge in [0.1, 0.15) is 0 Å². The lowest BCUT2D eigenvalue weighted by molar-refractivity contribution is -0.137. The van der Waals surface area contributed by atoms with Crippen molar-refractivity contribution in [1.82, 2.24) is 5.32 Å². The normalized spacial score (nSPS) is 18.5. The fourth-order valence-corrected chi connectivity index (χ4v) is 2.21. The molecule has 0 aromatic heterocycles. The van der Waals surface area contributed by atoms with Crippen LogP contribution in [0.3, 0.4) is 0 Å². The average Bonchev–Trinajstić information content (AvgIpc) is 2.41. The minimum Gasteiger partial charge on any atom is -0.375 e. The quantitative estimate of drug-likeness (QED) is 0.872. The van der Waals surface area contributed by atoms with Crippen molar-refractivity contribution in [3.8, 4) is 0 Å². The summed E-state index contributed by atoms with van der Waals surface area (Å²) in [6.45, 7) is 1.78. The van der Waals surface area contributed by atoms with Gasteiger partial charge in [-0.05, 0) is 18.2 Å². The molecule has 0 radical (unpaired) electrons. The van der Waals surface area contributed by atoms with Crippen molar-refractivity contribution in [1.29, 1.82) is 0 Å². The van der Waals surface area contributed by atoms with Crippen LogP contribution in [0.1, 0.15) is 12.0 Å². The average molecular weight is 359 g/mol. The Morgan fingerprint density at radius 2 is 2.18 bits per heavy atom. The second-order valence-corrected chi connectivity index (χ2v) is 5.05. The number of rotatable bonds is 3. The van der Waals surface area contributed by atoms with Gasteiger partial charge in [-0.3, -0.25) is 4.79 Å². The van der Waals surface area contributed by atoms with Gasteiger partial charge in [-0.15, -0.1) is 12.4 Å². The predicted octanol–water partition coefficient (Wildman–Crippen LogP) is 3.10. The predicted molar refractivity (Wildman–Crippen MR) is 79.6 cm³/mol. The van der Waals surface area contributed by atoms with E-state index >= 15 is 0 Å². The molecule has 1 unspecified atom stereocenters. The minimum absolute atomic E-state index is 0. The topological polar surface area (TPSA) is 50.4 Å². The zero-order chi connectivity index (χ0) is 15.5. The number of morpholine rings is 1. The summed E-state index contributed by atoms with van der Waals surface area (Å²) in [5.41, 5.74) is -0.918. The Labute approximate surface area is 136 Å². The molecule has 1 heterocycles. The van der Waals surface area contributed by atoms with E-state index in [1.54, 1.807) is 0 Å². The first-order valence-corrected chi connectivity index (χ1v) is 6.73. The van der Waals surface area contributed by atoms with Gasteiger partial charge in [-0.2, -0.15) is 13.2 Å². The van der Waals surface area contributed by atoms with E-state index in [1.807, 2.05) is 0 Å². The molecule has 9 heteroatoms. The maximum atomic E-state index is 12.7. The van der Waals surface area contributed by atoms with Crippen LogP contribution >= 0.6 is 24.0 Å². The van der Waals surface area contributed by atoms with Crippen molar-refractivity contribution in [2.24, 2.45) is 0 Å². The van der Waals surface area contributed by atoms with E-state index < -0.39 is 22.7 Å². The fraction of sp³-hybridized carbons (Fsp3) is 0.462. The highest BCUT2D eigenvalue weighted by Crippen LogP contribution is 2.36. The van der Waals surface area contributed by atoms with Crippen molar-refractivity contribution in [3.05, 3.63) is 28.8 Å². The molecule has 1 aromatic rings. The summed E-state index contributed by atoms with van der Waals surface area (Å²) in [7, 11) is 0. The molecule has 1 amide bonds. The highest BCUT2D eigenvalue weighted by atomic mass is 35.5. The van der Waals surface area contributed by atoms with Gasteiger partial charge >= 0.3 is 6.18 Å². The third kappa shape index (κ3) is 5.31. The maximum absolute atomic E-state index is 12.7. The molecule has 0 spiro atoms. The number of hydrogen-bond acceptors (Lipinski definition) is 3. The van der Waals surface area contributed by atoms with Gasteiger partial charge in [0.2, 0.25) is 5.91 Å². The Morgan fingerprint density at radius 1 is 1.45 bits per heavy atom. The zero-order valence-corrected chi connectivity index (χ0v) is 12.9. The number of benzene rings is 1. The Morgan fingerprint density at radius 3 is 2.77 bits per heavy atom. The lowest BCUT2D eigenvalue weighted by atomic mass is 10.1. The van der Waals surface area contributed by atoms with Gasteiger partial charge in [0, 0.05) is 18.8 Å². The number of halogens is 5. The van der Waals surface area contributed by atoms with E-state index in [2.05, 4.69) is 10.6 Å². The highest BCUT2D eigenvalue weighted by molar-refractivity contribution is 6.31. The van der Waals surface area contributed by atoms with Crippen LogP contribution in [0.15, 0.2) is 18.2 Å². The lowest BCUT2D eigenvalue weighted by Gasteiger charge is -2.23. The second kappa shape index (κ2) is 8.01. The van der Waals surface area contributed by atoms with Gasteiger partial charge < -0.3 is 15.4 Å². The van der Waals surface area contributed by atoms with Crippen LogP contribution in [0.25, 0.3) is 0 Å². The van der Waals surface area contributed by atoms with Crippen LogP contribution in [0.4, 0.5) is 18.9 Å². The summed E-state index contributed by atoms with van der Waals surface area (Å²) in [6.07, 6.45) is -4.75. The molecule has 0 aliphatic carbocycles. The van der Waals surface area contributed by atoms with E-state index in [-0.39, 0.29) is 30.6 Å². The standard InChI is InChI=1S/C13H14ClF3N2O2.ClH/c14-11-2-1-8(5-10(11)13(15,16)17)19-12(20)6-9-7-18-3-4-21-9;/h1-2,5,9,18H,3-4,6-7H2,(H,19,20);1H. The van der Waals surface area contributed by atoms with E-state index in [9.17, 15) is 18.0 Å². The number of hydrogen-bond donors (Lipinski definition) is 2. The van der Waals surface area contributed by atoms with Crippen LogP contribution in [0.2, 0.25) is 5.02 Å². The molecule has 0 saturated carbocycles. The first-order chi connectivity index (χ1) is 9.86. The number of ether oxygens (including phenoxy) is 1. The number of anilines is 1. The Kier molecular flexibility index (Phi) is 6.93. The molecule has 1 atom stereocenters. The molecular weight excluding hydrogens is 344 g/mol. The van der Waals surface area contributed by atoms with E-state index in [0.717, 1.165) is 18.7 Å². The number of carbonyl (C=O) groups is 1. The molecule has 2 rings (SSSR count). The number of amides is 1. The number of carbonyl (C=O) groups excluding carboxylic acids is 1. The lowest BCUT2D eigenvalue weighted by Crippen LogP contribution is -2.40. The molecule has 1 fully saturated rings. The van der Waals surface area contributed by atoms with Crippen molar-refractivity contribution in [2.45, 2.75) is 18.7 Å². The summed E-state index contributed by atoms with van der Waals surface area (Å²) in [5.74, 6) is -0.404. The molecule has 0 bridgehead atoms. The molecule has 4 nitrogen and oxygen atoms in total. The van der Waals surface area contributed by atoms with Gasteiger partial charge in [0.25, 0.3) is 0 Å². The Bertz CT molecular complexity index is 520. The van der Waals surface area contributed by atoms with E-state index in [1.165, 1.54) is 6.07 Å². The molecule has 124 valence electrons. The number of alkyl halides is 3. The summed E-state index contributed by atoms with van der Waals surface area (Å²) < 4.78 is 43.5. The molecule has 2 N–H and O–H groups in total. The molecule has 1 aliphatic heterocycles. The van der Waals surface area contributed by atoms with E-state index in [4.69, 9.17) is 16.3 Å². The zero-order valence-electron chi connectivity index (χ0n) is 11.4. The van der Waals surface area contributed by atoms with Crippen LogP contribution in [0, 0.1) is 0 Å². The summed E-state index contributed by atoms with van der Waals surface area (Å²) in [6, 6.07) is 3.26. The monoisotopic (exact) mass is 358 g/mol. The van der Waals surface area contributed by atoms with Crippen LogP contribution < -0.4 is 10.6 Å².